The van der Waals surface area contributed by atoms with Crippen LogP contribution in [0, 0.1) is 5.41 Å². The Morgan fingerprint density at radius 3 is 2.50 bits per heavy atom. The monoisotopic (exact) mass is 216 g/mol. The van der Waals surface area contributed by atoms with Gasteiger partial charge in [-0.3, -0.25) is 4.79 Å². The number of aliphatic hydroxyl groups is 1. The van der Waals surface area contributed by atoms with Gasteiger partial charge in [-0.1, -0.05) is 6.42 Å². The topological polar surface area (TPSA) is 46.5 Å². The molecular weight excluding hydrogens is 200 g/mol. The van der Waals surface area contributed by atoms with Crippen molar-refractivity contribution in [1.29, 1.82) is 0 Å². The molecule has 14 heavy (non-hydrogen) atoms. The molecule has 0 aromatic heterocycles. The second kappa shape index (κ2) is 3.42. The van der Waals surface area contributed by atoms with Gasteiger partial charge in [-0.05, 0) is 25.0 Å². The summed E-state index contributed by atoms with van der Waals surface area (Å²) in [5.74, 6) is 1.42. The van der Waals surface area contributed by atoms with Crippen LogP contribution in [0.25, 0.3) is 0 Å². The van der Waals surface area contributed by atoms with E-state index in [0.717, 1.165) is 31.4 Å². The maximum Gasteiger partial charge on any atom is 0.314 e. The van der Waals surface area contributed by atoms with E-state index in [-0.39, 0.29) is 5.97 Å². The Hall–Kier alpha value is -0.220. The minimum atomic E-state index is -0.803. The van der Waals surface area contributed by atoms with E-state index in [4.69, 9.17) is 4.74 Å². The van der Waals surface area contributed by atoms with Crippen LogP contribution in [0.2, 0.25) is 0 Å². The molecule has 0 spiro atoms. The Bertz CT molecular complexity index is 242. The summed E-state index contributed by atoms with van der Waals surface area (Å²) in [6.45, 7) is 0. The largest absolute Gasteiger partial charge is 0.469 e. The Morgan fingerprint density at radius 2 is 2.14 bits per heavy atom. The summed E-state index contributed by atoms with van der Waals surface area (Å²) in [6.07, 6.45) is 3.34. The first-order chi connectivity index (χ1) is 6.65. The molecule has 1 N–H and O–H groups in total. The fraction of sp³-hybridized carbons (Fsp3) is 0.900. The van der Waals surface area contributed by atoms with Crippen LogP contribution in [0.5, 0.6) is 0 Å². The normalized spacial score (nSPS) is 35.0. The van der Waals surface area contributed by atoms with E-state index in [1.165, 1.54) is 7.11 Å². The van der Waals surface area contributed by atoms with Gasteiger partial charge in [-0.15, -0.1) is 0 Å². The Labute approximate surface area is 88.2 Å². The van der Waals surface area contributed by atoms with Gasteiger partial charge in [0.1, 0.15) is 0 Å². The summed E-state index contributed by atoms with van der Waals surface area (Å²) in [4.78, 5) is 11.7. The van der Waals surface area contributed by atoms with Crippen LogP contribution in [0.15, 0.2) is 0 Å². The van der Waals surface area contributed by atoms with Gasteiger partial charge in [0.2, 0.25) is 0 Å². The van der Waals surface area contributed by atoms with Crippen molar-refractivity contribution in [3.05, 3.63) is 0 Å². The molecule has 0 bridgehead atoms. The van der Waals surface area contributed by atoms with Crippen LogP contribution >= 0.6 is 11.8 Å². The molecule has 2 fully saturated rings. The van der Waals surface area contributed by atoms with Crippen LogP contribution in [-0.2, 0) is 9.53 Å². The van der Waals surface area contributed by atoms with Crippen LogP contribution in [0.4, 0.5) is 0 Å². The first-order valence-corrected chi connectivity index (χ1v) is 6.19. The number of esters is 1. The van der Waals surface area contributed by atoms with Crippen molar-refractivity contribution in [2.45, 2.75) is 31.3 Å². The van der Waals surface area contributed by atoms with Crippen molar-refractivity contribution in [2.24, 2.45) is 5.41 Å². The van der Waals surface area contributed by atoms with E-state index in [9.17, 15) is 9.90 Å². The molecule has 1 unspecified atom stereocenters. The number of rotatable bonds is 2. The molecule has 1 aliphatic carbocycles. The smallest absolute Gasteiger partial charge is 0.314 e. The van der Waals surface area contributed by atoms with E-state index in [0.29, 0.717) is 5.75 Å². The molecule has 1 saturated heterocycles. The highest BCUT2D eigenvalue weighted by atomic mass is 32.2. The molecular formula is C10H16O3S. The molecule has 1 saturated carbocycles. The van der Waals surface area contributed by atoms with E-state index < -0.39 is 11.0 Å². The quantitative estimate of drug-likeness (QED) is 0.704. The lowest BCUT2D eigenvalue weighted by Crippen LogP contribution is -2.58. The number of carbonyl (C=O) groups excluding carboxylic acids is 1. The molecule has 2 rings (SSSR count). The van der Waals surface area contributed by atoms with Crippen molar-refractivity contribution in [1.82, 2.24) is 0 Å². The fourth-order valence-corrected chi connectivity index (χ4v) is 3.90. The Kier molecular flexibility index (Phi) is 2.52. The minimum absolute atomic E-state index is 0.214. The molecule has 0 aromatic rings. The Morgan fingerprint density at radius 1 is 1.43 bits per heavy atom. The van der Waals surface area contributed by atoms with Gasteiger partial charge in [-0.2, -0.15) is 11.8 Å². The molecule has 4 heteroatoms. The predicted octanol–water partition coefficient (Wildman–Crippen LogP) is 1.20. The van der Waals surface area contributed by atoms with E-state index >= 15 is 0 Å². The van der Waals surface area contributed by atoms with Crippen molar-refractivity contribution < 1.29 is 14.6 Å². The zero-order valence-electron chi connectivity index (χ0n) is 8.41. The molecule has 80 valence electrons. The third-order valence-corrected chi connectivity index (χ3v) is 4.85. The molecule has 1 aliphatic heterocycles. The highest BCUT2D eigenvalue weighted by molar-refractivity contribution is 7.99. The number of ether oxygens (including phenoxy) is 1. The van der Waals surface area contributed by atoms with Crippen LogP contribution in [-0.4, -0.2) is 35.3 Å². The first-order valence-electron chi connectivity index (χ1n) is 5.03. The second-order valence-electron chi connectivity index (χ2n) is 4.26. The maximum atomic E-state index is 11.7. The summed E-state index contributed by atoms with van der Waals surface area (Å²) >= 11 is 1.73. The molecule has 1 heterocycles. The molecule has 2 aliphatic rings. The average Bonchev–Trinajstić information content (AvgIpc) is 2.50. The predicted molar refractivity (Wildman–Crippen MR) is 55.2 cm³/mol. The molecule has 0 aromatic carbocycles. The van der Waals surface area contributed by atoms with Gasteiger partial charge < -0.3 is 9.84 Å². The third-order valence-electron chi connectivity index (χ3n) is 3.67. The molecule has 1 atom stereocenters. The van der Waals surface area contributed by atoms with Crippen LogP contribution < -0.4 is 0 Å². The van der Waals surface area contributed by atoms with Gasteiger partial charge in [0.25, 0.3) is 0 Å². The highest BCUT2D eigenvalue weighted by Crippen LogP contribution is 2.54. The van der Waals surface area contributed by atoms with Gasteiger partial charge in [-0.25, -0.2) is 0 Å². The third kappa shape index (κ3) is 1.20. The summed E-state index contributed by atoms with van der Waals surface area (Å²) in [7, 11) is 1.41. The van der Waals surface area contributed by atoms with Gasteiger partial charge in [0, 0.05) is 5.75 Å². The summed E-state index contributed by atoms with van der Waals surface area (Å²) in [5.41, 5.74) is -1.38. The molecule has 3 nitrogen and oxygen atoms in total. The van der Waals surface area contributed by atoms with Crippen molar-refractivity contribution >= 4 is 17.7 Å². The van der Waals surface area contributed by atoms with Crippen LogP contribution in [0.3, 0.4) is 0 Å². The Balaban J connectivity index is 2.23. The number of methoxy groups -OCH3 is 1. The highest BCUT2D eigenvalue weighted by Gasteiger charge is 2.60. The zero-order chi connectivity index (χ0) is 10.2. The van der Waals surface area contributed by atoms with Crippen molar-refractivity contribution in [3.63, 3.8) is 0 Å². The fourth-order valence-electron chi connectivity index (χ4n) is 2.52. The zero-order valence-corrected chi connectivity index (χ0v) is 9.23. The van der Waals surface area contributed by atoms with E-state index in [2.05, 4.69) is 0 Å². The van der Waals surface area contributed by atoms with Gasteiger partial charge >= 0.3 is 5.97 Å². The van der Waals surface area contributed by atoms with Gasteiger partial charge in [0.15, 0.2) is 0 Å². The summed E-state index contributed by atoms with van der Waals surface area (Å²) in [6, 6.07) is 0. The lowest BCUT2D eigenvalue weighted by molar-refractivity contribution is -0.183. The number of hydrogen-bond acceptors (Lipinski definition) is 4. The number of hydrogen-bond donors (Lipinski definition) is 1. The van der Waals surface area contributed by atoms with Crippen molar-refractivity contribution in [3.8, 4) is 0 Å². The molecule has 0 radical (unpaired) electrons. The minimum Gasteiger partial charge on any atom is -0.469 e. The van der Waals surface area contributed by atoms with Crippen LogP contribution in [0.1, 0.15) is 25.7 Å². The molecule has 0 amide bonds. The summed E-state index contributed by atoms with van der Waals surface area (Å²) < 4.78 is 4.83. The second-order valence-corrected chi connectivity index (χ2v) is 5.37. The lowest BCUT2D eigenvalue weighted by atomic mass is 9.58. The maximum absolute atomic E-state index is 11.7. The van der Waals surface area contributed by atoms with Gasteiger partial charge in [0.05, 0.1) is 18.1 Å². The average molecular weight is 216 g/mol. The first kappa shape index (κ1) is 10.3. The standard InChI is InChI=1S/C10H16O3S/c1-13-8(11)9(3-2-4-9)10(12)5-6-14-7-10/h12H,2-7H2,1H3. The van der Waals surface area contributed by atoms with E-state index in [1.807, 2.05) is 0 Å². The number of thioether (sulfide) groups is 1. The SMILES string of the molecule is COC(=O)C1(C2(O)CCSC2)CCC1. The van der Waals surface area contributed by atoms with Crippen molar-refractivity contribution in [2.75, 3.05) is 18.6 Å². The lowest BCUT2D eigenvalue weighted by Gasteiger charge is -2.48. The van der Waals surface area contributed by atoms with E-state index in [1.54, 1.807) is 11.8 Å². The summed E-state index contributed by atoms with van der Waals surface area (Å²) in [5, 5.41) is 10.4. The number of carbonyl (C=O) groups is 1.